The van der Waals surface area contributed by atoms with Gasteiger partial charge in [0.2, 0.25) is 5.82 Å². The number of nitrogens with zero attached hydrogens (tertiary/aromatic N) is 5. The molecule has 1 amide bonds. The van der Waals surface area contributed by atoms with E-state index in [0.717, 1.165) is 0 Å². The summed E-state index contributed by atoms with van der Waals surface area (Å²) in [5, 5.41) is 14.0. The average molecular weight is 363 g/mol. The van der Waals surface area contributed by atoms with Gasteiger partial charge in [-0.25, -0.2) is 0 Å². The quantitative estimate of drug-likeness (QED) is 0.686. The van der Waals surface area contributed by atoms with Crippen LogP contribution < -0.4 is 15.0 Å². The lowest BCUT2D eigenvalue weighted by atomic mass is 10.4. The van der Waals surface area contributed by atoms with Crippen LogP contribution in [0.25, 0.3) is 0 Å². The molecule has 11 nitrogen and oxygen atoms in total. The van der Waals surface area contributed by atoms with Crippen molar-refractivity contribution in [3.05, 3.63) is 22.2 Å². The zero-order chi connectivity index (χ0) is 19.1. The lowest BCUT2D eigenvalue weighted by molar-refractivity contribution is 0.0761. The molecule has 0 bridgehead atoms. The van der Waals surface area contributed by atoms with E-state index in [-0.39, 0.29) is 35.0 Å². The Balaban J connectivity index is 2.25. The third-order valence-corrected chi connectivity index (χ3v) is 3.43. The van der Waals surface area contributed by atoms with Crippen molar-refractivity contribution in [3.63, 3.8) is 0 Å². The number of azo groups is 1. The molecule has 2 aromatic heterocycles. The van der Waals surface area contributed by atoms with Crippen LogP contribution in [-0.2, 0) is 0 Å². The van der Waals surface area contributed by atoms with Crippen molar-refractivity contribution in [2.24, 2.45) is 10.2 Å². The van der Waals surface area contributed by atoms with Crippen molar-refractivity contribution in [3.8, 4) is 11.6 Å². The van der Waals surface area contributed by atoms with Crippen molar-refractivity contribution in [1.82, 2.24) is 25.1 Å². The third-order valence-electron chi connectivity index (χ3n) is 3.43. The van der Waals surface area contributed by atoms with Crippen LogP contribution in [0, 0.1) is 0 Å². The molecular formula is C15H21N7O4. The molecule has 2 aromatic rings. The van der Waals surface area contributed by atoms with Crippen molar-refractivity contribution in [2.45, 2.75) is 20.8 Å². The van der Waals surface area contributed by atoms with E-state index in [2.05, 4.69) is 30.4 Å². The van der Waals surface area contributed by atoms with Crippen LogP contribution in [0.15, 0.2) is 21.1 Å². The Hall–Kier alpha value is -3.24. The molecule has 0 radical (unpaired) electrons. The molecule has 0 fully saturated rings. The summed E-state index contributed by atoms with van der Waals surface area (Å²) in [6, 6.07) is 1.49. The van der Waals surface area contributed by atoms with Crippen molar-refractivity contribution in [1.29, 1.82) is 0 Å². The number of amides is 1. The molecule has 26 heavy (non-hydrogen) atoms. The number of hydrogen-bond donors (Lipinski definition) is 2. The number of carbonyl (C=O) groups excluding carboxylic acids is 1. The second-order valence-electron chi connectivity index (χ2n) is 4.97. The molecule has 0 saturated heterocycles. The van der Waals surface area contributed by atoms with E-state index < -0.39 is 5.56 Å². The molecule has 0 aliphatic heterocycles. The Morgan fingerprint density at radius 2 is 2.00 bits per heavy atom. The van der Waals surface area contributed by atoms with Crippen LogP contribution in [0.3, 0.4) is 0 Å². The van der Waals surface area contributed by atoms with Gasteiger partial charge in [0.25, 0.3) is 17.4 Å². The van der Waals surface area contributed by atoms with Gasteiger partial charge in [-0.1, -0.05) is 0 Å². The molecule has 0 spiro atoms. The molecule has 0 aliphatic carbocycles. The van der Waals surface area contributed by atoms with Gasteiger partial charge in [0.05, 0.1) is 13.7 Å². The number of aromatic amines is 2. The highest BCUT2D eigenvalue weighted by Gasteiger charge is 2.17. The van der Waals surface area contributed by atoms with Gasteiger partial charge in [0, 0.05) is 19.2 Å². The average Bonchev–Trinajstić information content (AvgIpc) is 3.10. The minimum absolute atomic E-state index is 0.0511. The van der Waals surface area contributed by atoms with Crippen LogP contribution in [0.4, 0.5) is 11.6 Å². The van der Waals surface area contributed by atoms with Gasteiger partial charge in [-0.05, 0) is 20.8 Å². The highest BCUT2D eigenvalue weighted by atomic mass is 16.5. The number of ether oxygens (including phenoxy) is 2. The Labute approximate surface area is 149 Å². The van der Waals surface area contributed by atoms with E-state index in [0.29, 0.717) is 19.7 Å². The van der Waals surface area contributed by atoms with Gasteiger partial charge in [0.1, 0.15) is 0 Å². The Morgan fingerprint density at radius 1 is 1.27 bits per heavy atom. The standard InChI is InChI=1S/C15H21N7O4/c1-5-22(6-2)14(24)12-17-15(21-19-12)20-18-11-9(25-4)8-10(26-7-3)16-13(11)23/h8H,5-7H2,1-4H3,(H,16,23)(H,17,19,21). The largest absolute Gasteiger partial charge is 0.494 e. The first-order valence-corrected chi connectivity index (χ1v) is 8.11. The van der Waals surface area contributed by atoms with Crippen LogP contribution >= 0.6 is 0 Å². The number of H-pyrrole nitrogens is 2. The van der Waals surface area contributed by atoms with Gasteiger partial charge < -0.3 is 14.4 Å². The minimum atomic E-state index is -0.536. The maximum Gasteiger partial charge on any atom is 0.291 e. The third kappa shape index (κ3) is 4.23. The second kappa shape index (κ2) is 8.74. The molecule has 2 heterocycles. The molecule has 140 valence electrons. The van der Waals surface area contributed by atoms with Gasteiger partial charge in [-0.2, -0.15) is 4.98 Å². The van der Waals surface area contributed by atoms with Gasteiger partial charge in [0.15, 0.2) is 17.3 Å². The first kappa shape index (κ1) is 19.1. The topological polar surface area (TPSA) is 138 Å². The van der Waals surface area contributed by atoms with Crippen LogP contribution in [0.5, 0.6) is 11.6 Å². The summed E-state index contributed by atoms with van der Waals surface area (Å²) < 4.78 is 10.4. The first-order chi connectivity index (χ1) is 12.5. The van der Waals surface area contributed by atoms with Crippen LogP contribution in [0.1, 0.15) is 31.4 Å². The lowest BCUT2D eigenvalue weighted by Crippen LogP contribution is -2.31. The molecule has 0 saturated carbocycles. The summed E-state index contributed by atoms with van der Waals surface area (Å²) in [5.41, 5.74) is -0.594. The lowest BCUT2D eigenvalue weighted by Gasteiger charge is -2.16. The van der Waals surface area contributed by atoms with Crippen LogP contribution in [-0.4, -0.2) is 57.8 Å². The maximum atomic E-state index is 12.2. The number of aromatic nitrogens is 4. The number of rotatable bonds is 8. The van der Waals surface area contributed by atoms with Crippen molar-refractivity contribution < 1.29 is 14.3 Å². The summed E-state index contributed by atoms with van der Waals surface area (Å²) in [6.07, 6.45) is 0. The molecule has 2 rings (SSSR count). The fourth-order valence-corrected chi connectivity index (χ4v) is 2.14. The number of carbonyl (C=O) groups is 1. The number of hydrogen-bond acceptors (Lipinski definition) is 8. The smallest absolute Gasteiger partial charge is 0.291 e. The van der Waals surface area contributed by atoms with E-state index >= 15 is 0 Å². The van der Waals surface area contributed by atoms with Crippen molar-refractivity contribution in [2.75, 3.05) is 26.8 Å². The SMILES string of the molecule is CCOc1cc(OC)c(N=Nc2n[nH]c(C(=O)N(CC)CC)n2)c(=O)[nH]1. The predicted molar refractivity (Wildman–Crippen MR) is 92.6 cm³/mol. The second-order valence-corrected chi connectivity index (χ2v) is 4.97. The minimum Gasteiger partial charge on any atom is -0.494 e. The highest BCUT2D eigenvalue weighted by Crippen LogP contribution is 2.27. The highest BCUT2D eigenvalue weighted by molar-refractivity contribution is 5.90. The zero-order valence-electron chi connectivity index (χ0n) is 15.1. The molecule has 11 heteroatoms. The zero-order valence-corrected chi connectivity index (χ0v) is 15.1. The molecule has 0 aliphatic rings. The normalized spacial score (nSPS) is 10.9. The molecular weight excluding hydrogens is 342 g/mol. The molecule has 0 unspecified atom stereocenters. The van der Waals surface area contributed by atoms with E-state index in [1.54, 1.807) is 11.8 Å². The number of nitrogens with one attached hydrogen (secondary N) is 2. The predicted octanol–water partition coefficient (Wildman–Crippen LogP) is 1.80. The van der Waals surface area contributed by atoms with E-state index in [1.807, 2.05) is 13.8 Å². The molecule has 0 atom stereocenters. The summed E-state index contributed by atoms with van der Waals surface area (Å²) in [7, 11) is 1.40. The van der Waals surface area contributed by atoms with E-state index in [9.17, 15) is 9.59 Å². The number of methoxy groups -OCH3 is 1. The van der Waals surface area contributed by atoms with Gasteiger partial charge >= 0.3 is 0 Å². The van der Waals surface area contributed by atoms with E-state index in [1.165, 1.54) is 13.2 Å². The summed E-state index contributed by atoms with van der Waals surface area (Å²) in [6.45, 7) is 7.00. The summed E-state index contributed by atoms with van der Waals surface area (Å²) in [4.78, 5) is 32.4. The summed E-state index contributed by atoms with van der Waals surface area (Å²) in [5.74, 6) is 0.140. The molecule has 2 N–H and O–H groups in total. The Kier molecular flexibility index (Phi) is 6.42. The first-order valence-electron chi connectivity index (χ1n) is 8.11. The maximum absolute atomic E-state index is 12.2. The Bertz CT molecular complexity index is 839. The molecule has 0 aromatic carbocycles. The van der Waals surface area contributed by atoms with Gasteiger partial charge in [-0.15, -0.1) is 15.3 Å². The van der Waals surface area contributed by atoms with Crippen molar-refractivity contribution >= 4 is 17.5 Å². The fraction of sp³-hybridized carbons (Fsp3) is 0.467. The van der Waals surface area contributed by atoms with E-state index in [4.69, 9.17) is 9.47 Å². The Morgan fingerprint density at radius 3 is 2.62 bits per heavy atom. The van der Waals surface area contributed by atoms with Crippen LogP contribution in [0.2, 0.25) is 0 Å². The monoisotopic (exact) mass is 363 g/mol. The number of pyridine rings is 1. The fourth-order valence-electron chi connectivity index (χ4n) is 2.14. The van der Waals surface area contributed by atoms with Gasteiger partial charge in [-0.3, -0.25) is 19.7 Å². The summed E-state index contributed by atoms with van der Waals surface area (Å²) >= 11 is 0.